The van der Waals surface area contributed by atoms with E-state index < -0.39 is 0 Å². The average Bonchev–Trinajstić information content (AvgIpc) is 2.44. The third kappa shape index (κ3) is 3.17. The van der Waals surface area contributed by atoms with E-state index in [-0.39, 0.29) is 0 Å². The van der Waals surface area contributed by atoms with Crippen LogP contribution >= 0.6 is 0 Å². The first-order chi connectivity index (χ1) is 9.70. The number of aromatic nitrogens is 2. The smallest absolute Gasteiger partial charge is 0.243 e. The number of nitrogens with zero attached hydrogens (tertiary/aromatic N) is 3. The highest BCUT2D eigenvalue weighted by atomic mass is 15.4. The zero-order valence-electron chi connectivity index (χ0n) is 12.5. The molecule has 0 spiro atoms. The van der Waals surface area contributed by atoms with Gasteiger partial charge >= 0.3 is 0 Å². The van der Waals surface area contributed by atoms with Crippen molar-refractivity contribution < 1.29 is 0 Å². The molecule has 1 heterocycles. The fourth-order valence-electron chi connectivity index (χ4n) is 3.70. The van der Waals surface area contributed by atoms with Crippen molar-refractivity contribution in [2.24, 2.45) is 16.9 Å². The number of nitrogens with one attached hydrogen (secondary N) is 1. The van der Waals surface area contributed by atoms with Gasteiger partial charge in [0.1, 0.15) is 0 Å². The maximum Gasteiger partial charge on any atom is 0.243 e. The van der Waals surface area contributed by atoms with Gasteiger partial charge in [-0.15, -0.1) is 0 Å². The van der Waals surface area contributed by atoms with Gasteiger partial charge in [-0.05, 0) is 57.4 Å². The van der Waals surface area contributed by atoms with Crippen molar-refractivity contribution in [2.75, 3.05) is 5.43 Å². The number of rotatable bonds is 2. The van der Waals surface area contributed by atoms with E-state index in [0.717, 1.165) is 29.6 Å². The van der Waals surface area contributed by atoms with Crippen LogP contribution in [0.5, 0.6) is 0 Å². The lowest BCUT2D eigenvalue weighted by molar-refractivity contribution is 0.218. The highest BCUT2D eigenvalue weighted by Gasteiger charge is 2.30. The minimum absolute atomic E-state index is 0.626. The van der Waals surface area contributed by atoms with E-state index in [4.69, 9.17) is 0 Å². The molecule has 0 unspecified atom stereocenters. The second kappa shape index (κ2) is 5.90. The summed E-state index contributed by atoms with van der Waals surface area (Å²) in [6.07, 6.45) is 9.29. The van der Waals surface area contributed by atoms with Crippen molar-refractivity contribution in [3.05, 3.63) is 17.5 Å². The largest absolute Gasteiger partial charge is 0.245 e. The summed E-state index contributed by atoms with van der Waals surface area (Å²) >= 11 is 0. The average molecular weight is 272 g/mol. The zero-order valence-corrected chi connectivity index (χ0v) is 12.5. The molecule has 2 fully saturated rings. The molecule has 20 heavy (non-hydrogen) atoms. The van der Waals surface area contributed by atoms with Crippen LogP contribution < -0.4 is 5.43 Å². The molecule has 2 aliphatic carbocycles. The highest BCUT2D eigenvalue weighted by molar-refractivity contribution is 5.86. The van der Waals surface area contributed by atoms with Crippen LogP contribution in [0.25, 0.3) is 0 Å². The molecule has 0 radical (unpaired) electrons. The normalized spacial score (nSPS) is 28.2. The first-order valence-electron chi connectivity index (χ1n) is 7.84. The Balaban J connectivity index is 1.64. The van der Waals surface area contributed by atoms with Crippen LogP contribution in [0.4, 0.5) is 5.95 Å². The van der Waals surface area contributed by atoms with Gasteiger partial charge in [0.25, 0.3) is 0 Å². The summed E-state index contributed by atoms with van der Waals surface area (Å²) in [4.78, 5) is 8.74. The molecule has 1 aromatic heterocycles. The molecule has 3 rings (SSSR count). The molecule has 0 bridgehead atoms. The Hall–Kier alpha value is -1.45. The molecule has 0 aliphatic heterocycles. The number of aryl methyl sites for hydroxylation is 2. The molecule has 4 heteroatoms. The highest BCUT2D eigenvalue weighted by Crippen LogP contribution is 2.39. The number of hydrazone groups is 1. The van der Waals surface area contributed by atoms with Crippen LogP contribution in [0.15, 0.2) is 11.2 Å². The molecule has 1 aromatic rings. The molecule has 2 atom stereocenters. The lowest BCUT2D eigenvalue weighted by Crippen LogP contribution is -2.28. The van der Waals surface area contributed by atoms with Gasteiger partial charge in [0, 0.05) is 17.1 Å². The molecule has 1 N–H and O–H groups in total. The molecule has 0 amide bonds. The van der Waals surface area contributed by atoms with Crippen molar-refractivity contribution in [2.45, 2.75) is 58.8 Å². The van der Waals surface area contributed by atoms with E-state index >= 15 is 0 Å². The molecule has 2 aliphatic rings. The van der Waals surface area contributed by atoms with E-state index in [9.17, 15) is 0 Å². The monoisotopic (exact) mass is 272 g/mol. The minimum atomic E-state index is 0.626. The Morgan fingerprint density at radius 2 is 1.75 bits per heavy atom. The first-order valence-corrected chi connectivity index (χ1v) is 7.84. The fraction of sp³-hybridized carbons (Fsp3) is 0.688. The summed E-state index contributed by atoms with van der Waals surface area (Å²) in [5.41, 5.74) is 6.32. The predicted octanol–water partition coefficient (Wildman–Crippen LogP) is 3.85. The quantitative estimate of drug-likeness (QED) is 0.832. The van der Waals surface area contributed by atoms with Crippen molar-refractivity contribution in [3.8, 4) is 0 Å². The number of hydrogen-bond acceptors (Lipinski definition) is 4. The molecule has 2 saturated carbocycles. The van der Waals surface area contributed by atoms with Crippen LogP contribution in [0, 0.1) is 25.7 Å². The number of anilines is 1. The number of hydrogen-bond donors (Lipinski definition) is 1. The molecule has 0 aromatic carbocycles. The Kier molecular flexibility index (Phi) is 3.99. The summed E-state index contributed by atoms with van der Waals surface area (Å²) in [5, 5.41) is 4.57. The van der Waals surface area contributed by atoms with Gasteiger partial charge in [0.05, 0.1) is 0 Å². The van der Waals surface area contributed by atoms with Crippen LogP contribution in [-0.4, -0.2) is 15.7 Å². The van der Waals surface area contributed by atoms with Gasteiger partial charge in [-0.3, -0.25) is 0 Å². The van der Waals surface area contributed by atoms with Crippen LogP contribution in [0.2, 0.25) is 0 Å². The second-order valence-electron chi connectivity index (χ2n) is 6.31. The Morgan fingerprint density at radius 3 is 2.50 bits per heavy atom. The molecular formula is C16H24N4. The maximum atomic E-state index is 4.57. The standard InChI is InChI=1S/C16H24N4/c1-11-9-12(2)18-16(17-11)20-19-15-8-7-13-5-3-4-6-14(13)10-15/h9,13-14H,3-8,10H2,1-2H3,(H,17,18,20)/b19-15+/t13-,14-/m0/s1. The molecular weight excluding hydrogens is 248 g/mol. The van der Waals surface area contributed by atoms with E-state index in [1.807, 2.05) is 19.9 Å². The molecule has 4 nitrogen and oxygen atoms in total. The zero-order chi connectivity index (χ0) is 13.9. The van der Waals surface area contributed by atoms with Crippen molar-refractivity contribution in [1.82, 2.24) is 9.97 Å². The minimum Gasteiger partial charge on any atom is -0.245 e. The fourth-order valence-corrected chi connectivity index (χ4v) is 3.70. The van der Waals surface area contributed by atoms with Gasteiger partial charge in [-0.25, -0.2) is 15.4 Å². The Morgan fingerprint density at radius 1 is 1.05 bits per heavy atom. The van der Waals surface area contributed by atoms with Crippen molar-refractivity contribution in [3.63, 3.8) is 0 Å². The number of fused-ring (bicyclic) bond motifs is 1. The Bertz CT molecular complexity index is 489. The Labute approximate surface area is 121 Å². The van der Waals surface area contributed by atoms with Gasteiger partial charge in [0.15, 0.2) is 0 Å². The predicted molar refractivity (Wildman–Crippen MR) is 81.9 cm³/mol. The van der Waals surface area contributed by atoms with Crippen LogP contribution in [0.1, 0.15) is 56.3 Å². The first kappa shape index (κ1) is 13.5. The van der Waals surface area contributed by atoms with E-state index in [1.54, 1.807) is 0 Å². The van der Waals surface area contributed by atoms with Crippen LogP contribution in [-0.2, 0) is 0 Å². The third-order valence-corrected chi connectivity index (χ3v) is 4.66. The van der Waals surface area contributed by atoms with Gasteiger partial charge in [0.2, 0.25) is 5.95 Å². The van der Waals surface area contributed by atoms with Crippen molar-refractivity contribution in [1.29, 1.82) is 0 Å². The third-order valence-electron chi connectivity index (χ3n) is 4.66. The second-order valence-corrected chi connectivity index (χ2v) is 6.31. The summed E-state index contributed by atoms with van der Waals surface area (Å²) in [6.45, 7) is 3.97. The van der Waals surface area contributed by atoms with Crippen molar-refractivity contribution >= 4 is 11.7 Å². The summed E-state index contributed by atoms with van der Waals surface area (Å²) in [6, 6.07) is 1.98. The molecule has 108 valence electrons. The lowest BCUT2D eigenvalue weighted by atomic mass is 9.70. The molecule has 0 saturated heterocycles. The summed E-state index contributed by atoms with van der Waals surface area (Å²) in [7, 11) is 0. The van der Waals surface area contributed by atoms with Gasteiger partial charge in [-0.1, -0.05) is 19.3 Å². The van der Waals surface area contributed by atoms with Gasteiger partial charge in [-0.2, -0.15) is 5.10 Å². The van der Waals surface area contributed by atoms with E-state index in [2.05, 4.69) is 20.5 Å². The SMILES string of the molecule is Cc1cc(C)nc(N/N=C2\CC[C@@H]3CCCC[C@H]3C2)n1. The lowest BCUT2D eigenvalue weighted by Gasteiger charge is -2.35. The summed E-state index contributed by atoms with van der Waals surface area (Å²) < 4.78 is 0. The van der Waals surface area contributed by atoms with Gasteiger partial charge < -0.3 is 0 Å². The van der Waals surface area contributed by atoms with Crippen LogP contribution in [0.3, 0.4) is 0 Å². The maximum absolute atomic E-state index is 4.57. The van der Waals surface area contributed by atoms with E-state index in [1.165, 1.54) is 44.2 Å². The van der Waals surface area contributed by atoms with E-state index in [0.29, 0.717) is 5.95 Å². The summed E-state index contributed by atoms with van der Waals surface area (Å²) in [5.74, 6) is 2.46. The topological polar surface area (TPSA) is 50.2 Å².